The average Bonchev–Trinajstić information content (AvgIpc) is 2.92. The molecule has 7 heteroatoms. The molecule has 0 N–H and O–H groups in total. The monoisotopic (exact) mass is 362 g/mol. The number of carbonyl (C=O) groups excluding carboxylic acids is 2. The molecular formula is C19H17F3N2O2. The number of hydrogen-bond acceptors (Lipinski definition) is 2. The van der Waals surface area contributed by atoms with Crippen LogP contribution < -0.4 is 0 Å². The number of hydrogen-bond donors (Lipinski definition) is 0. The van der Waals surface area contributed by atoms with Gasteiger partial charge in [-0.05, 0) is 30.7 Å². The van der Waals surface area contributed by atoms with Gasteiger partial charge in [0.15, 0.2) is 17.5 Å². The molecule has 0 radical (unpaired) electrons. The van der Waals surface area contributed by atoms with Gasteiger partial charge in [-0.25, -0.2) is 13.2 Å². The molecular weight excluding hydrogens is 345 g/mol. The van der Waals surface area contributed by atoms with Crippen LogP contribution in [-0.4, -0.2) is 47.8 Å². The summed E-state index contributed by atoms with van der Waals surface area (Å²) in [5.74, 6) is -5.34. The number of amides is 2. The fourth-order valence-electron chi connectivity index (χ4n) is 2.95. The molecule has 0 aliphatic carbocycles. The fourth-order valence-corrected chi connectivity index (χ4v) is 2.95. The fraction of sp³-hybridized carbons (Fsp3) is 0.263. The zero-order valence-corrected chi connectivity index (χ0v) is 13.9. The van der Waals surface area contributed by atoms with Crippen molar-refractivity contribution in [1.29, 1.82) is 0 Å². The van der Waals surface area contributed by atoms with Gasteiger partial charge in [0, 0.05) is 31.7 Å². The zero-order valence-electron chi connectivity index (χ0n) is 13.9. The Kier molecular flexibility index (Phi) is 5.25. The Labute approximate surface area is 148 Å². The highest BCUT2D eigenvalue weighted by Crippen LogP contribution is 2.18. The summed E-state index contributed by atoms with van der Waals surface area (Å²) in [6, 6.07) is 10.5. The van der Waals surface area contributed by atoms with Gasteiger partial charge in [-0.1, -0.05) is 18.2 Å². The second kappa shape index (κ2) is 7.59. The number of nitrogens with zero attached hydrogens (tertiary/aromatic N) is 2. The summed E-state index contributed by atoms with van der Waals surface area (Å²) in [5.41, 5.74) is 0.0469. The van der Waals surface area contributed by atoms with E-state index in [4.69, 9.17) is 0 Å². The molecule has 2 aromatic carbocycles. The van der Waals surface area contributed by atoms with E-state index in [-0.39, 0.29) is 19.0 Å². The maximum atomic E-state index is 13.9. The van der Waals surface area contributed by atoms with E-state index in [1.807, 2.05) is 6.07 Å². The van der Waals surface area contributed by atoms with Gasteiger partial charge in [0.25, 0.3) is 11.8 Å². The normalized spacial score (nSPS) is 14.9. The van der Waals surface area contributed by atoms with E-state index in [1.165, 1.54) is 4.90 Å². The van der Waals surface area contributed by atoms with E-state index >= 15 is 0 Å². The largest absolute Gasteiger partial charge is 0.337 e. The van der Waals surface area contributed by atoms with E-state index in [0.717, 1.165) is 12.1 Å². The molecule has 0 unspecified atom stereocenters. The van der Waals surface area contributed by atoms with E-state index in [0.29, 0.717) is 25.1 Å². The number of benzene rings is 2. The van der Waals surface area contributed by atoms with Crippen molar-refractivity contribution < 1.29 is 22.8 Å². The maximum Gasteiger partial charge on any atom is 0.257 e. The van der Waals surface area contributed by atoms with Crippen molar-refractivity contribution in [2.75, 3.05) is 26.2 Å². The molecule has 0 bridgehead atoms. The molecule has 4 nitrogen and oxygen atoms in total. The molecule has 0 saturated carbocycles. The van der Waals surface area contributed by atoms with Gasteiger partial charge in [-0.2, -0.15) is 0 Å². The Bertz CT molecular complexity index is 827. The Morgan fingerprint density at radius 3 is 2.00 bits per heavy atom. The molecule has 3 rings (SSSR count). The Morgan fingerprint density at radius 2 is 1.35 bits per heavy atom. The van der Waals surface area contributed by atoms with Crippen LogP contribution in [0.2, 0.25) is 0 Å². The first-order valence-electron chi connectivity index (χ1n) is 8.26. The summed E-state index contributed by atoms with van der Waals surface area (Å²) in [6.45, 7) is 1.23. The van der Waals surface area contributed by atoms with Gasteiger partial charge in [0.2, 0.25) is 0 Å². The highest BCUT2D eigenvalue weighted by Gasteiger charge is 2.26. The van der Waals surface area contributed by atoms with E-state index < -0.39 is 28.9 Å². The molecule has 1 aliphatic heterocycles. The number of carbonyl (C=O) groups is 2. The minimum absolute atomic E-state index is 0.140. The van der Waals surface area contributed by atoms with Gasteiger partial charge in [0.1, 0.15) is 0 Å². The SMILES string of the molecule is O=C(c1ccccc1)N1CCCN(C(=O)c2ccc(F)c(F)c2F)CC1. The first kappa shape index (κ1) is 18.0. The Balaban J connectivity index is 1.72. The Morgan fingerprint density at radius 1 is 0.731 bits per heavy atom. The van der Waals surface area contributed by atoms with Crippen molar-refractivity contribution >= 4 is 11.8 Å². The van der Waals surface area contributed by atoms with Crippen molar-refractivity contribution in [2.45, 2.75) is 6.42 Å². The summed E-state index contributed by atoms with van der Waals surface area (Å²) in [5, 5.41) is 0. The minimum atomic E-state index is -1.66. The van der Waals surface area contributed by atoms with Crippen molar-refractivity contribution in [2.24, 2.45) is 0 Å². The third-order valence-corrected chi connectivity index (χ3v) is 4.36. The number of halogens is 3. The standard InChI is InChI=1S/C19H17F3N2O2/c20-15-8-7-14(16(21)17(15)22)19(26)24-10-4-9-23(11-12-24)18(25)13-5-2-1-3-6-13/h1-3,5-8H,4,9-12H2. The second-order valence-corrected chi connectivity index (χ2v) is 6.03. The van der Waals surface area contributed by atoms with Crippen LogP contribution >= 0.6 is 0 Å². The summed E-state index contributed by atoms with van der Waals surface area (Å²) in [7, 11) is 0. The molecule has 1 fully saturated rings. The van der Waals surface area contributed by atoms with E-state index in [2.05, 4.69) is 0 Å². The lowest BCUT2D eigenvalue weighted by atomic mass is 10.1. The summed E-state index contributed by atoms with van der Waals surface area (Å²) in [6.07, 6.45) is 0.510. The Hall–Kier alpha value is -2.83. The lowest BCUT2D eigenvalue weighted by Crippen LogP contribution is -2.37. The molecule has 0 atom stereocenters. The van der Waals surface area contributed by atoms with Crippen LogP contribution in [0.4, 0.5) is 13.2 Å². The van der Waals surface area contributed by atoms with Crippen LogP contribution in [0.3, 0.4) is 0 Å². The third kappa shape index (κ3) is 3.56. The molecule has 0 aromatic heterocycles. The third-order valence-electron chi connectivity index (χ3n) is 4.36. The quantitative estimate of drug-likeness (QED) is 0.771. The van der Waals surface area contributed by atoms with Crippen LogP contribution in [0.25, 0.3) is 0 Å². The van der Waals surface area contributed by atoms with E-state index in [9.17, 15) is 22.8 Å². The molecule has 26 heavy (non-hydrogen) atoms. The van der Waals surface area contributed by atoms with Gasteiger partial charge < -0.3 is 9.80 Å². The predicted molar refractivity (Wildman–Crippen MR) is 89.2 cm³/mol. The van der Waals surface area contributed by atoms with Crippen molar-refractivity contribution in [3.63, 3.8) is 0 Å². The van der Waals surface area contributed by atoms with Crippen LogP contribution in [-0.2, 0) is 0 Å². The van der Waals surface area contributed by atoms with E-state index in [1.54, 1.807) is 29.2 Å². The number of rotatable bonds is 2. The van der Waals surface area contributed by atoms with Crippen molar-refractivity contribution in [3.05, 3.63) is 71.0 Å². The van der Waals surface area contributed by atoms with Gasteiger partial charge in [-0.15, -0.1) is 0 Å². The van der Waals surface area contributed by atoms with Crippen molar-refractivity contribution in [1.82, 2.24) is 9.80 Å². The summed E-state index contributed by atoms with van der Waals surface area (Å²) in [4.78, 5) is 28.0. The molecule has 1 aliphatic rings. The minimum Gasteiger partial charge on any atom is -0.337 e. The second-order valence-electron chi connectivity index (χ2n) is 6.03. The van der Waals surface area contributed by atoms with Gasteiger partial charge >= 0.3 is 0 Å². The maximum absolute atomic E-state index is 13.9. The molecule has 1 heterocycles. The highest BCUT2D eigenvalue weighted by atomic mass is 19.2. The average molecular weight is 362 g/mol. The lowest BCUT2D eigenvalue weighted by Gasteiger charge is -2.22. The van der Waals surface area contributed by atoms with Gasteiger partial charge in [-0.3, -0.25) is 9.59 Å². The van der Waals surface area contributed by atoms with Crippen LogP contribution in [0, 0.1) is 17.5 Å². The first-order chi connectivity index (χ1) is 12.5. The molecule has 1 saturated heterocycles. The van der Waals surface area contributed by atoms with Crippen LogP contribution in [0.15, 0.2) is 42.5 Å². The summed E-state index contributed by atoms with van der Waals surface area (Å²) >= 11 is 0. The predicted octanol–water partition coefficient (Wildman–Crippen LogP) is 3.09. The highest BCUT2D eigenvalue weighted by molar-refractivity contribution is 5.95. The summed E-state index contributed by atoms with van der Waals surface area (Å²) < 4.78 is 40.3. The molecule has 2 aromatic rings. The van der Waals surface area contributed by atoms with Crippen molar-refractivity contribution in [3.8, 4) is 0 Å². The molecule has 0 spiro atoms. The topological polar surface area (TPSA) is 40.6 Å². The van der Waals surface area contributed by atoms with Crippen LogP contribution in [0.1, 0.15) is 27.1 Å². The smallest absolute Gasteiger partial charge is 0.257 e. The molecule has 2 amide bonds. The van der Waals surface area contributed by atoms with Gasteiger partial charge in [0.05, 0.1) is 5.56 Å². The molecule has 136 valence electrons. The zero-order chi connectivity index (χ0) is 18.7. The first-order valence-corrected chi connectivity index (χ1v) is 8.26. The lowest BCUT2D eigenvalue weighted by molar-refractivity contribution is 0.0715. The van der Waals surface area contributed by atoms with Crippen LogP contribution in [0.5, 0.6) is 0 Å².